The van der Waals surface area contributed by atoms with Gasteiger partial charge in [0.1, 0.15) is 48.9 Å². The molecule has 2 saturated heterocycles. The van der Waals surface area contributed by atoms with Gasteiger partial charge in [0.05, 0.1) is 31.3 Å². The van der Waals surface area contributed by atoms with Crippen molar-refractivity contribution in [1.29, 1.82) is 0 Å². The number of nitrogens with one attached hydrogen (secondary N) is 1. The molecule has 0 aliphatic carbocycles. The van der Waals surface area contributed by atoms with Crippen molar-refractivity contribution in [3.05, 3.63) is 36.6 Å². The number of ether oxygens (including phenoxy) is 2. The van der Waals surface area contributed by atoms with Crippen LogP contribution in [0, 0.1) is 0 Å². The van der Waals surface area contributed by atoms with E-state index in [2.05, 4.69) is 19.3 Å². The van der Waals surface area contributed by atoms with E-state index < -0.39 is 83.8 Å². The van der Waals surface area contributed by atoms with Crippen molar-refractivity contribution >= 4 is 38.5 Å². The number of nitrogens with zero attached hydrogens (tertiary/aromatic N) is 4. The standard InChI is InChI=1S/C21H29N7O14P2/c22-17-12-19(25-7-24-17)28(8-26-12)21-16(32)14(30)11(41-21)6-39-44(36,37)42-43(34,35)38-5-10-13(29)15(31)20(40-10)27-3-1-2-9(4-27)18(23)33/h1-3,7-8,10-11,13-16,20-21,29-32H,4-6H2,(H2,23,33)(H,34,35)(H,36,37)(H2,22,24,25)/p+1/t10-,11-,13-,14-,15-,16-,20-,21-/m1/s1. The number of imidazole rings is 1. The lowest BCUT2D eigenvalue weighted by Crippen LogP contribution is -3.13. The number of carbonyl (C=O) groups is 1. The summed E-state index contributed by atoms with van der Waals surface area (Å²) in [4.78, 5) is 43.8. The largest absolute Gasteiger partial charge is 0.481 e. The van der Waals surface area contributed by atoms with E-state index in [0.29, 0.717) is 4.90 Å². The second kappa shape index (κ2) is 12.6. The highest BCUT2D eigenvalue weighted by atomic mass is 31.3. The molecule has 5 heterocycles. The van der Waals surface area contributed by atoms with Gasteiger partial charge in [-0.2, -0.15) is 4.31 Å². The first-order chi connectivity index (χ1) is 20.7. The number of primary amides is 1. The van der Waals surface area contributed by atoms with Crippen LogP contribution >= 0.6 is 15.6 Å². The number of nitrogen functional groups attached to an aromatic ring is 1. The van der Waals surface area contributed by atoms with Crippen molar-refractivity contribution in [2.45, 2.75) is 49.1 Å². The number of aromatic nitrogens is 4. The number of carbonyl (C=O) groups excluding carboxylic acids is 1. The van der Waals surface area contributed by atoms with Gasteiger partial charge in [0.2, 0.25) is 12.1 Å². The monoisotopic (exact) mass is 666 g/mol. The van der Waals surface area contributed by atoms with Crippen LogP contribution in [-0.4, -0.2) is 118 Å². The molecule has 0 spiro atoms. The Morgan fingerprint density at radius 3 is 2.30 bits per heavy atom. The summed E-state index contributed by atoms with van der Waals surface area (Å²) in [6.45, 7) is -1.73. The van der Waals surface area contributed by atoms with Gasteiger partial charge < -0.3 is 51.2 Å². The van der Waals surface area contributed by atoms with Crippen LogP contribution in [0.1, 0.15) is 6.23 Å². The van der Waals surface area contributed by atoms with Crippen molar-refractivity contribution in [2.75, 3.05) is 25.5 Å². The van der Waals surface area contributed by atoms with Crippen LogP contribution in [0.4, 0.5) is 5.82 Å². The number of allylic oxidation sites excluding steroid dienone is 2. The molecule has 21 nitrogen and oxygen atoms in total. The van der Waals surface area contributed by atoms with Crippen LogP contribution in [0.3, 0.4) is 0 Å². The van der Waals surface area contributed by atoms with Gasteiger partial charge >= 0.3 is 15.6 Å². The maximum absolute atomic E-state index is 12.4. The molecule has 3 aliphatic rings. The first-order valence-electron chi connectivity index (χ1n) is 12.8. The summed E-state index contributed by atoms with van der Waals surface area (Å²) in [5, 5.41) is 41.7. The molecule has 242 valence electrons. The topological polar surface area (TPSA) is 319 Å². The second-order valence-corrected chi connectivity index (χ2v) is 13.0. The molecule has 44 heavy (non-hydrogen) atoms. The average Bonchev–Trinajstić information content (AvgIpc) is 3.61. The number of amides is 1. The lowest BCUT2D eigenvalue weighted by molar-refractivity contribution is -0.898. The van der Waals surface area contributed by atoms with Crippen molar-refractivity contribution in [2.24, 2.45) is 5.73 Å². The van der Waals surface area contributed by atoms with E-state index in [9.17, 15) is 44.1 Å². The summed E-state index contributed by atoms with van der Waals surface area (Å²) in [5.41, 5.74) is 11.6. The smallest absolute Gasteiger partial charge is 0.387 e. The van der Waals surface area contributed by atoms with Crippen molar-refractivity contribution in [3.8, 4) is 0 Å². The summed E-state index contributed by atoms with van der Waals surface area (Å²) in [6, 6.07) is 0. The number of aliphatic hydroxyl groups is 4. The van der Waals surface area contributed by atoms with Crippen LogP contribution in [-0.2, 0) is 36.8 Å². The third-order valence-electron chi connectivity index (χ3n) is 7.06. The molecule has 3 aliphatic heterocycles. The van der Waals surface area contributed by atoms with Gasteiger partial charge in [-0.3, -0.25) is 23.3 Å². The molecular formula is C21H30N7O14P2+. The highest BCUT2D eigenvalue weighted by Crippen LogP contribution is 2.60. The highest BCUT2D eigenvalue weighted by Gasteiger charge is 2.50. The van der Waals surface area contributed by atoms with E-state index in [4.69, 9.17) is 30.0 Å². The van der Waals surface area contributed by atoms with E-state index >= 15 is 0 Å². The van der Waals surface area contributed by atoms with Crippen LogP contribution in [0.2, 0.25) is 0 Å². The predicted molar refractivity (Wildman–Crippen MR) is 141 cm³/mol. The highest BCUT2D eigenvalue weighted by molar-refractivity contribution is 7.61. The van der Waals surface area contributed by atoms with E-state index in [1.807, 2.05) is 0 Å². The molecule has 0 saturated carbocycles. The van der Waals surface area contributed by atoms with Gasteiger partial charge in [-0.25, -0.2) is 24.1 Å². The molecule has 11 N–H and O–H groups in total. The molecule has 2 aromatic rings. The van der Waals surface area contributed by atoms with Gasteiger partial charge in [0.15, 0.2) is 23.8 Å². The number of phosphoric acid groups is 2. The third-order valence-corrected chi connectivity index (χ3v) is 9.66. The minimum absolute atomic E-state index is 0.0274. The Kier molecular flexibility index (Phi) is 9.34. The number of quaternary nitrogens is 1. The van der Waals surface area contributed by atoms with E-state index in [1.54, 1.807) is 6.20 Å². The Morgan fingerprint density at radius 1 is 1.00 bits per heavy atom. The molecular weight excluding hydrogens is 636 g/mol. The zero-order valence-corrected chi connectivity index (χ0v) is 24.2. The summed E-state index contributed by atoms with van der Waals surface area (Å²) < 4.78 is 50.9. The van der Waals surface area contributed by atoms with Crippen LogP contribution < -0.4 is 16.4 Å². The maximum Gasteiger partial charge on any atom is 0.481 e. The summed E-state index contributed by atoms with van der Waals surface area (Å²) in [6.07, 6.45) is -4.67. The first-order valence-corrected chi connectivity index (χ1v) is 15.8. The molecule has 0 aromatic carbocycles. The summed E-state index contributed by atoms with van der Waals surface area (Å²) in [7, 11) is -10.7. The normalized spacial score (nSPS) is 35.0. The van der Waals surface area contributed by atoms with Gasteiger partial charge in [0.25, 0.3) is 0 Å². The van der Waals surface area contributed by atoms with Gasteiger partial charge in [-0.05, 0) is 12.2 Å². The number of fused-ring (bicyclic) bond motifs is 1. The molecule has 3 unspecified atom stereocenters. The lowest BCUT2D eigenvalue weighted by atomic mass is 10.1. The minimum atomic E-state index is -5.36. The molecule has 0 radical (unpaired) electrons. The Bertz CT molecular complexity index is 1560. The Balaban J connectivity index is 1.14. The molecule has 2 aromatic heterocycles. The third kappa shape index (κ3) is 6.76. The quantitative estimate of drug-likeness (QED) is 0.102. The summed E-state index contributed by atoms with van der Waals surface area (Å²) in [5.74, 6) is -0.636. The number of rotatable bonds is 11. The predicted octanol–water partition coefficient (Wildman–Crippen LogP) is -4.45. The molecule has 2 fully saturated rings. The minimum Gasteiger partial charge on any atom is -0.387 e. The van der Waals surface area contributed by atoms with Crippen LogP contribution in [0.15, 0.2) is 36.6 Å². The number of aliphatic hydroxyl groups excluding tert-OH is 4. The fourth-order valence-corrected chi connectivity index (χ4v) is 6.94. The fraction of sp³-hybridized carbons (Fsp3) is 0.524. The Labute approximate surface area is 247 Å². The van der Waals surface area contributed by atoms with E-state index in [-0.39, 0.29) is 29.1 Å². The number of hydrogen-bond acceptors (Lipinski definition) is 16. The van der Waals surface area contributed by atoms with Crippen LogP contribution in [0.25, 0.3) is 11.2 Å². The van der Waals surface area contributed by atoms with E-state index in [0.717, 1.165) is 6.33 Å². The molecule has 5 rings (SSSR count). The zero-order chi connectivity index (χ0) is 32.0. The Hall–Kier alpha value is -2.72. The summed E-state index contributed by atoms with van der Waals surface area (Å²) >= 11 is 0. The number of nitrogens with two attached hydrogens (primary N) is 2. The average molecular weight is 666 g/mol. The first kappa shape index (κ1) is 32.7. The Morgan fingerprint density at radius 2 is 1.64 bits per heavy atom. The zero-order valence-electron chi connectivity index (χ0n) is 22.4. The molecule has 11 atom stereocenters. The molecule has 1 amide bonds. The number of hydrogen-bond donors (Lipinski definition) is 9. The maximum atomic E-state index is 12.4. The van der Waals surface area contributed by atoms with Crippen molar-refractivity contribution in [3.63, 3.8) is 0 Å². The van der Waals surface area contributed by atoms with Gasteiger partial charge in [0, 0.05) is 0 Å². The second-order valence-electron chi connectivity index (χ2n) is 9.98. The molecule has 0 bridgehead atoms. The molecule has 23 heteroatoms. The van der Waals surface area contributed by atoms with Crippen LogP contribution in [0.5, 0.6) is 0 Å². The number of anilines is 1. The SMILES string of the molecule is NC(=O)C1=CC=C[NH+]([C@@H]2O[C@H](COP(=O)(O)OP(=O)(O)OC[C@H]3O[C@@H](n4cnc5c(N)ncnc54)[C@H](O)[C@@H]3O)[C@@H](O)[C@H]2O)C1. The van der Waals surface area contributed by atoms with Crippen molar-refractivity contribution in [1.82, 2.24) is 19.5 Å². The van der Waals surface area contributed by atoms with Crippen molar-refractivity contribution < 1.29 is 71.9 Å². The van der Waals surface area contributed by atoms with Gasteiger partial charge in [-0.1, -0.05) is 0 Å². The number of phosphoric ester groups is 2. The lowest BCUT2D eigenvalue weighted by Gasteiger charge is -2.25. The van der Waals surface area contributed by atoms with E-state index in [1.165, 1.54) is 23.0 Å². The fourth-order valence-electron chi connectivity index (χ4n) is 4.85. The van der Waals surface area contributed by atoms with Gasteiger partial charge in [-0.15, -0.1) is 0 Å².